The van der Waals surface area contributed by atoms with Gasteiger partial charge in [0, 0.05) is 0 Å². The van der Waals surface area contributed by atoms with Crippen LogP contribution in [0.2, 0.25) is 0 Å². The first-order valence-electron chi connectivity index (χ1n) is 10.1. The van der Waals surface area contributed by atoms with E-state index in [1.165, 1.54) is 89.9 Å². The number of rotatable bonds is 18. The van der Waals surface area contributed by atoms with Crippen molar-refractivity contribution in [1.82, 2.24) is 0 Å². The maximum Gasteiger partial charge on any atom is 0.277 e. The lowest BCUT2D eigenvalue weighted by Crippen LogP contribution is -2.12. The van der Waals surface area contributed by atoms with Crippen LogP contribution in [0.3, 0.4) is 0 Å². The summed E-state index contributed by atoms with van der Waals surface area (Å²) in [5, 5.41) is 0. The van der Waals surface area contributed by atoms with Crippen molar-refractivity contribution >= 4 is 26.0 Å². The van der Waals surface area contributed by atoms with Gasteiger partial charge in [0.15, 0.2) is 0 Å². The summed E-state index contributed by atoms with van der Waals surface area (Å²) in [6.07, 6.45) is 21.4. The van der Waals surface area contributed by atoms with Crippen molar-refractivity contribution < 1.29 is 13.0 Å². The van der Waals surface area contributed by atoms with Gasteiger partial charge in [0.25, 0.3) is 10.1 Å². The number of halogens is 1. The van der Waals surface area contributed by atoms with E-state index in [2.05, 4.69) is 22.9 Å². The van der Waals surface area contributed by atoms with Crippen molar-refractivity contribution in [2.75, 3.05) is 0 Å². The Morgan fingerprint density at radius 2 is 0.958 bits per heavy atom. The first-order chi connectivity index (χ1) is 11.5. The summed E-state index contributed by atoms with van der Waals surface area (Å²) in [4.78, 5) is 0. The molecule has 0 saturated carbocycles. The standard InChI is InChI=1S/C19H39BrO3S/c1-2-3-4-5-6-7-8-9-10-11-12-13-14-15-16-17-18-19(20)24(21,22)23/h19H,2-18H2,1H3,(H,21,22,23). The molecule has 146 valence electrons. The minimum Gasteiger partial charge on any atom is -0.285 e. The molecule has 0 fully saturated rings. The second-order valence-electron chi connectivity index (χ2n) is 7.02. The molecule has 24 heavy (non-hydrogen) atoms. The quantitative estimate of drug-likeness (QED) is 0.142. The zero-order valence-electron chi connectivity index (χ0n) is 15.6. The largest absolute Gasteiger partial charge is 0.285 e. The molecule has 0 aromatic heterocycles. The second kappa shape index (κ2) is 16.8. The normalized spacial score (nSPS) is 13.3. The second-order valence-corrected chi connectivity index (χ2v) is 10.3. The fourth-order valence-electron chi connectivity index (χ4n) is 3.00. The van der Waals surface area contributed by atoms with E-state index >= 15 is 0 Å². The Morgan fingerprint density at radius 3 is 1.25 bits per heavy atom. The third kappa shape index (κ3) is 17.2. The van der Waals surface area contributed by atoms with Crippen LogP contribution in [-0.2, 0) is 10.1 Å². The summed E-state index contributed by atoms with van der Waals surface area (Å²) >= 11 is 3.00. The number of unbranched alkanes of at least 4 members (excludes halogenated alkanes) is 15. The van der Waals surface area contributed by atoms with E-state index < -0.39 is 14.3 Å². The van der Waals surface area contributed by atoms with Crippen molar-refractivity contribution in [1.29, 1.82) is 0 Å². The number of alkyl halides is 1. The first kappa shape index (κ1) is 24.4. The van der Waals surface area contributed by atoms with E-state index in [-0.39, 0.29) is 0 Å². The topological polar surface area (TPSA) is 54.4 Å². The Morgan fingerprint density at radius 1 is 0.667 bits per heavy atom. The van der Waals surface area contributed by atoms with E-state index in [1.807, 2.05) is 0 Å². The third-order valence-electron chi connectivity index (χ3n) is 4.61. The predicted octanol–water partition coefficient (Wildman–Crippen LogP) is 7.25. The van der Waals surface area contributed by atoms with Crippen LogP contribution in [0, 0.1) is 0 Å². The molecule has 0 aliphatic rings. The summed E-state index contributed by atoms with van der Waals surface area (Å²) in [5.74, 6) is 0. The maximum atomic E-state index is 10.8. The van der Waals surface area contributed by atoms with Gasteiger partial charge in [0.1, 0.15) is 4.16 Å². The first-order valence-corrected chi connectivity index (χ1v) is 12.5. The van der Waals surface area contributed by atoms with Gasteiger partial charge in [-0.15, -0.1) is 0 Å². The molecule has 0 amide bonds. The summed E-state index contributed by atoms with van der Waals surface area (Å²) < 4.78 is 29.7. The van der Waals surface area contributed by atoms with Crippen LogP contribution < -0.4 is 0 Å². The van der Waals surface area contributed by atoms with Crippen molar-refractivity contribution in [2.24, 2.45) is 0 Å². The molecule has 1 unspecified atom stereocenters. The number of hydrogen-bond acceptors (Lipinski definition) is 2. The fraction of sp³-hybridized carbons (Fsp3) is 1.00. The van der Waals surface area contributed by atoms with E-state index in [1.54, 1.807) is 0 Å². The van der Waals surface area contributed by atoms with Gasteiger partial charge in [-0.2, -0.15) is 8.42 Å². The van der Waals surface area contributed by atoms with Gasteiger partial charge in [-0.3, -0.25) is 4.55 Å². The van der Waals surface area contributed by atoms with Crippen molar-refractivity contribution in [3.8, 4) is 0 Å². The van der Waals surface area contributed by atoms with E-state index in [0.717, 1.165) is 12.8 Å². The lowest BCUT2D eigenvalue weighted by atomic mass is 10.0. The highest BCUT2D eigenvalue weighted by Gasteiger charge is 2.17. The van der Waals surface area contributed by atoms with Crippen LogP contribution in [0.15, 0.2) is 0 Å². The molecule has 0 bridgehead atoms. The highest BCUT2D eigenvalue weighted by atomic mass is 79.9. The molecular weight excluding hydrogens is 388 g/mol. The molecule has 0 saturated heterocycles. The van der Waals surface area contributed by atoms with E-state index in [4.69, 9.17) is 4.55 Å². The molecule has 0 aromatic carbocycles. The van der Waals surface area contributed by atoms with Gasteiger partial charge in [-0.1, -0.05) is 126 Å². The SMILES string of the molecule is CCCCCCCCCCCCCCCCCCC(Br)S(=O)(=O)O. The lowest BCUT2D eigenvalue weighted by Gasteiger charge is -2.06. The van der Waals surface area contributed by atoms with Gasteiger partial charge in [-0.25, -0.2) is 0 Å². The minimum absolute atomic E-state index is 0.497. The monoisotopic (exact) mass is 426 g/mol. The Balaban J connectivity index is 3.13. The minimum atomic E-state index is -3.91. The van der Waals surface area contributed by atoms with Crippen LogP contribution in [-0.4, -0.2) is 17.1 Å². The van der Waals surface area contributed by atoms with Crippen molar-refractivity contribution in [2.45, 2.75) is 120 Å². The molecule has 3 nitrogen and oxygen atoms in total. The predicted molar refractivity (Wildman–Crippen MR) is 108 cm³/mol. The van der Waals surface area contributed by atoms with Crippen LogP contribution in [0.4, 0.5) is 0 Å². The van der Waals surface area contributed by atoms with Crippen molar-refractivity contribution in [3.63, 3.8) is 0 Å². The fourth-order valence-corrected chi connectivity index (χ4v) is 3.79. The summed E-state index contributed by atoms with van der Waals surface area (Å²) in [7, 11) is -3.91. The van der Waals surface area contributed by atoms with Gasteiger partial charge in [0.05, 0.1) is 0 Å². The average Bonchev–Trinajstić information content (AvgIpc) is 2.53. The molecule has 1 N–H and O–H groups in total. The molecule has 0 rings (SSSR count). The summed E-state index contributed by atoms with van der Waals surface area (Å²) in [6, 6.07) is 0. The van der Waals surface area contributed by atoms with Gasteiger partial charge in [0.2, 0.25) is 0 Å². The lowest BCUT2D eigenvalue weighted by molar-refractivity contribution is 0.474. The highest BCUT2D eigenvalue weighted by molar-refractivity contribution is 9.11. The molecule has 1 atom stereocenters. The van der Waals surface area contributed by atoms with Crippen LogP contribution in [0.5, 0.6) is 0 Å². The van der Waals surface area contributed by atoms with Crippen LogP contribution >= 0.6 is 15.9 Å². The van der Waals surface area contributed by atoms with E-state index in [9.17, 15) is 8.42 Å². The Kier molecular flexibility index (Phi) is 17.1. The van der Waals surface area contributed by atoms with Gasteiger partial charge < -0.3 is 0 Å². The van der Waals surface area contributed by atoms with Crippen LogP contribution in [0.1, 0.15) is 116 Å². The summed E-state index contributed by atoms with van der Waals surface area (Å²) in [5.41, 5.74) is 0. The highest BCUT2D eigenvalue weighted by Crippen LogP contribution is 2.18. The average molecular weight is 427 g/mol. The Bertz CT molecular complexity index is 358. The van der Waals surface area contributed by atoms with Crippen LogP contribution in [0.25, 0.3) is 0 Å². The Labute approximate surface area is 159 Å². The van der Waals surface area contributed by atoms with E-state index in [0.29, 0.717) is 6.42 Å². The molecule has 0 heterocycles. The maximum absolute atomic E-state index is 10.8. The molecule has 5 heteroatoms. The smallest absolute Gasteiger partial charge is 0.277 e. The van der Waals surface area contributed by atoms with Gasteiger partial charge >= 0.3 is 0 Å². The molecule has 0 aliphatic carbocycles. The third-order valence-corrected chi connectivity index (χ3v) is 7.36. The molecule has 0 radical (unpaired) electrons. The van der Waals surface area contributed by atoms with Crippen molar-refractivity contribution in [3.05, 3.63) is 0 Å². The zero-order chi connectivity index (χ0) is 18.1. The molecule has 0 aromatic rings. The molecule has 0 spiro atoms. The zero-order valence-corrected chi connectivity index (χ0v) is 18.1. The number of hydrogen-bond donors (Lipinski definition) is 1. The van der Waals surface area contributed by atoms with Gasteiger partial charge in [-0.05, 0) is 6.42 Å². The molecule has 0 aliphatic heterocycles. The Hall–Kier alpha value is 0.390. The molecular formula is C19H39BrO3S. The summed E-state index contributed by atoms with van der Waals surface area (Å²) in [6.45, 7) is 2.27.